The molecule has 0 bridgehead atoms. The Morgan fingerprint density at radius 3 is 2.65 bits per heavy atom. The maximum absolute atomic E-state index is 15.2. The number of carbonyl (C=O) groups is 1. The van der Waals surface area contributed by atoms with Gasteiger partial charge in [0.15, 0.2) is 5.67 Å². The molecule has 1 atom stereocenters. The summed E-state index contributed by atoms with van der Waals surface area (Å²) in [5.74, 6) is -0.137. The molecule has 3 aromatic heterocycles. The number of amides is 1. The van der Waals surface area contributed by atoms with E-state index in [1.807, 2.05) is 24.6 Å². The number of rotatable bonds is 10. The van der Waals surface area contributed by atoms with E-state index in [1.54, 1.807) is 31.3 Å². The first-order valence-electron chi connectivity index (χ1n) is 15.2. The third-order valence-electron chi connectivity index (χ3n) is 8.92. The lowest BCUT2D eigenvalue weighted by atomic mass is 9.93. The van der Waals surface area contributed by atoms with E-state index in [2.05, 4.69) is 31.8 Å². The monoisotopic (exact) mass is 638 g/mol. The van der Waals surface area contributed by atoms with Gasteiger partial charge in [-0.1, -0.05) is 17.9 Å². The molecule has 46 heavy (non-hydrogen) atoms. The summed E-state index contributed by atoms with van der Waals surface area (Å²) in [6, 6.07) is 6.92. The van der Waals surface area contributed by atoms with Crippen molar-refractivity contribution in [2.45, 2.75) is 57.5 Å². The third-order valence-corrected chi connectivity index (χ3v) is 8.92. The lowest BCUT2D eigenvalue weighted by Gasteiger charge is -2.47. The molecule has 2 saturated heterocycles. The topological polar surface area (TPSA) is 114 Å². The van der Waals surface area contributed by atoms with Gasteiger partial charge >= 0.3 is 6.55 Å². The van der Waals surface area contributed by atoms with Crippen LogP contribution in [0.5, 0.6) is 5.75 Å². The Morgan fingerprint density at radius 2 is 1.98 bits per heavy atom. The molecule has 1 unspecified atom stereocenters. The van der Waals surface area contributed by atoms with Crippen LogP contribution in [-0.4, -0.2) is 95.3 Å². The van der Waals surface area contributed by atoms with Gasteiger partial charge in [-0.15, -0.1) is 5.10 Å². The molecule has 0 aliphatic carbocycles. The summed E-state index contributed by atoms with van der Waals surface area (Å²) in [6.45, 7) is 7.42. The number of pyridine rings is 1. The Kier molecular flexibility index (Phi) is 8.36. The summed E-state index contributed by atoms with van der Waals surface area (Å²) >= 11 is 0. The molecule has 5 heterocycles. The molecule has 6 rings (SSSR count). The summed E-state index contributed by atoms with van der Waals surface area (Å²) in [5.41, 5.74) is 0.580. The zero-order valence-electron chi connectivity index (χ0n) is 26.0. The molecule has 1 amide bonds. The Bertz CT molecular complexity index is 1760. The quantitative estimate of drug-likeness (QED) is 0.255. The molecule has 0 spiro atoms. The van der Waals surface area contributed by atoms with E-state index in [4.69, 9.17) is 4.74 Å². The average molecular weight is 639 g/mol. The molecule has 2 aliphatic rings. The van der Waals surface area contributed by atoms with Crippen LogP contribution in [0.25, 0.3) is 22.3 Å². The van der Waals surface area contributed by atoms with E-state index < -0.39 is 17.8 Å². The minimum atomic E-state index is -2.85. The van der Waals surface area contributed by atoms with Crippen LogP contribution in [0.3, 0.4) is 0 Å². The SMILES string of the molecule is C=CC(=O)N1CC(F)(CN2CCC(n3nnc(-c4cc(OCC(C)(O)c5ncccc5C)c5c(c4)ncn5C(F)F)c3C)CC2)C1. The number of ether oxygens (including phenoxy) is 1. The number of fused-ring (bicyclic) bond motifs is 1. The molecule has 14 heteroatoms. The van der Waals surface area contributed by atoms with Crippen molar-refractivity contribution in [3.05, 3.63) is 66.4 Å². The fourth-order valence-electron chi connectivity index (χ4n) is 6.56. The summed E-state index contributed by atoms with van der Waals surface area (Å²) in [5, 5.41) is 20.1. The predicted octanol–water partition coefficient (Wildman–Crippen LogP) is 4.36. The van der Waals surface area contributed by atoms with Crippen molar-refractivity contribution in [1.82, 2.24) is 39.3 Å². The summed E-state index contributed by atoms with van der Waals surface area (Å²) in [6.07, 6.45) is 5.32. The summed E-state index contributed by atoms with van der Waals surface area (Å²) < 4.78 is 51.7. The Morgan fingerprint density at radius 1 is 1.24 bits per heavy atom. The minimum Gasteiger partial charge on any atom is -0.488 e. The van der Waals surface area contributed by atoms with Gasteiger partial charge in [0, 0.05) is 31.4 Å². The highest BCUT2D eigenvalue weighted by Crippen LogP contribution is 2.37. The average Bonchev–Trinajstić information content (AvgIpc) is 3.62. The molecular weight excluding hydrogens is 601 g/mol. The second-order valence-corrected chi connectivity index (χ2v) is 12.5. The van der Waals surface area contributed by atoms with Gasteiger partial charge in [0.25, 0.3) is 0 Å². The number of alkyl halides is 3. The molecule has 2 aliphatic heterocycles. The Hall–Kier alpha value is -4.30. The number of piperidine rings is 1. The van der Waals surface area contributed by atoms with Gasteiger partial charge in [0.2, 0.25) is 5.91 Å². The molecule has 4 aromatic rings. The number of aliphatic hydroxyl groups is 1. The second-order valence-electron chi connectivity index (χ2n) is 12.5. The van der Waals surface area contributed by atoms with Gasteiger partial charge in [-0.3, -0.25) is 19.2 Å². The fourth-order valence-corrected chi connectivity index (χ4v) is 6.56. The zero-order valence-corrected chi connectivity index (χ0v) is 26.0. The highest BCUT2D eigenvalue weighted by molar-refractivity contribution is 5.88. The molecule has 1 N–H and O–H groups in total. The summed E-state index contributed by atoms with van der Waals surface area (Å²) in [4.78, 5) is 23.8. The van der Waals surface area contributed by atoms with Crippen LogP contribution in [-0.2, 0) is 10.4 Å². The number of imidazole rings is 1. The maximum Gasteiger partial charge on any atom is 0.320 e. The van der Waals surface area contributed by atoms with Crippen molar-refractivity contribution >= 4 is 16.9 Å². The molecule has 2 fully saturated rings. The van der Waals surface area contributed by atoms with E-state index in [1.165, 1.54) is 11.0 Å². The normalized spacial score (nSPS) is 18.5. The van der Waals surface area contributed by atoms with Crippen LogP contribution >= 0.6 is 0 Å². The van der Waals surface area contributed by atoms with E-state index in [9.17, 15) is 18.7 Å². The van der Waals surface area contributed by atoms with E-state index in [0.29, 0.717) is 30.0 Å². The van der Waals surface area contributed by atoms with Crippen molar-refractivity contribution in [2.24, 2.45) is 0 Å². The van der Waals surface area contributed by atoms with Gasteiger partial charge in [0.1, 0.15) is 35.5 Å². The van der Waals surface area contributed by atoms with Gasteiger partial charge in [-0.25, -0.2) is 14.1 Å². The number of benzene rings is 1. The largest absolute Gasteiger partial charge is 0.488 e. The highest BCUT2D eigenvalue weighted by atomic mass is 19.3. The third kappa shape index (κ3) is 5.98. The van der Waals surface area contributed by atoms with Crippen molar-refractivity contribution < 1.29 is 27.8 Å². The molecule has 11 nitrogen and oxygen atoms in total. The number of carbonyl (C=O) groups excluding carboxylic acids is 1. The first-order valence-corrected chi connectivity index (χ1v) is 15.2. The van der Waals surface area contributed by atoms with Crippen molar-refractivity contribution in [3.8, 4) is 17.0 Å². The molecule has 244 valence electrons. The van der Waals surface area contributed by atoms with Crippen molar-refractivity contribution in [3.63, 3.8) is 0 Å². The first kappa shape index (κ1) is 31.7. The Balaban J connectivity index is 1.20. The molecule has 0 radical (unpaired) electrons. The predicted molar refractivity (Wildman–Crippen MR) is 164 cm³/mol. The van der Waals surface area contributed by atoms with Gasteiger partial charge in [-0.05, 0) is 63.5 Å². The number of halogens is 3. The van der Waals surface area contributed by atoms with Gasteiger partial charge in [-0.2, -0.15) is 8.78 Å². The molecule has 0 saturated carbocycles. The highest BCUT2D eigenvalue weighted by Gasteiger charge is 2.46. The number of likely N-dealkylation sites (tertiary alicyclic amines) is 2. The van der Waals surface area contributed by atoms with Crippen molar-refractivity contribution in [2.75, 3.05) is 39.3 Å². The lowest BCUT2D eigenvalue weighted by Crippen LogP contribution is -2.65. The minimum absolute atomic E-state index is 0.0440. The number of aryl methyl sites for hydroxylation is 1. The number of aromatic nitrogens is 6. The lowest BCUT2D eigenvalue weighted by molar-refractivity contribution is -0.141. The fraction of sp³-hybridized carbons (Fsp3) is 0.469. The zero-order chi connectivity index (χ0) is 32.8. The maximum atomic E-state index is 15.2. The first-order chi connectivity index (χ1) is 21.9. The van der Waals surface area contributed by atoms with E-state index in [-0.39, 0.29) is 55.0 Å². The number of hydrogen-bond acceptors (Lipinski definition) is 8. The van der Waals surface area contributed by atoms with Crippen LogP contribution in [0.4, 0.5) is 13.2 Å². The molecule has 1 aromatic carbocycles. The van der Waals surface area contributed by atoms with E-state index in [0.717, 1.165) is 35.0 Å². The van der Waals surface area contributed by atoms with Crippen molar-refractivity contribution in [1.29, 1.82) is 0 Å². The Labute approximate surface area is 264 Å². The van der Waals surface area contributed by atoms with Crippen LogP contribution in [0, 0.1) is 13.8 Å². The van der Waals surface area contributed by atoms with Crippen LogP contribution in [0.2, 0.25) is 0 Å². The standard InChI is InChI=1S/C32H37F3N8O3/c1-5-26(44)41-16-32(35,17-41)15-40-11-8-23(9-12-40)43-21(3)27(38-39-43)22-13-24-28(42(19-37-24)30(33)34)25(14-22)46-18-31(4,45)29-20(2)7-6-10-36-29/h5-7,10,13-14,19,23,30,45H,1,8-9,11-12,15-18H2,2-4H3. The number of hydrogen-bond donors (Lipinski definition) is 1. The molecular formula is C32H37F3N8O3. The summed E-state index contributed by atoms with van der Waals surface area (Å²) in [7, 11) is 0. The van der Waals surface area contributed by atoms with Gasteiger partial charge < -0.3 is 14.7 Å². The van der Waals surface area contributed by atoms with Gasteiger partial charge in [0.05, 0.1) is 36.0 Å². The van der Waals surface area contributed by atoms with E-state index >= 15 is 4.39 Å². The van der Waals surface area contributed by atoms with Crippen LogP contribution in [0.1, 0.15) is 49.3 Å². The van der Waals surface area contributed by atoms with Crippen LogP contribution < -0.4 is 4.74 Å². The number of nitrogens with zero attached hydrogens (tertiary/aromatic N) is 8. The van der Waals surface area contributed by atoms with Crippen LogP contribution in [0.15, 0.2) is 49.4 Å². The second kappa shape index (κ2) is 12.1. The smallest absolute Gasteiger partial charge is 0.320 e.